The molecule has 1 aromatic carbocycles. The quantitative estimate of drug-likeness (QED) is 0.452. The molecule has 1 unspecified atom stereocenters. The van der Waals surface area contributed by atoms with Gasteiger partial charge in [-0.05, 0) is 41.0 Å². The first kappa shape index (κ1) is 15.1. The molecule has 108 valence electrons. The first-order valence-electron chi connectivity index (χ1n) is 6.42. The van der Waals surface area contributed by atoms with Crippen LogP contribution < -0.4 is 0 Å². The summed E-state index contributed by atoms with van der Waals surface area (Å²) >= 11 is 1.95. The first-order valence-corrected chi connectivity index (χ1v) is 7.95. The van der Waals surface area contributed by atoms with Crippen LogP contribution in [0.25, 0.3) is 0 Å². The molecule has 2 rings (SSSR count). The SMILES string of the molecule is O=C(OCc1ccccc1)C1CCCN1C(=O)OCI. The number of halogens is 1. The summed E-state index contributed by atoms with van der Waals surface area (Å²) in [6.07, 6.45) is 0.976. The van der Waals surface area contributed by atoms with Crippen LogP contribution in [0.4, 0.5) is 4.79 Å². The van der Waals surface area contributed by atoms with E-state index in [4.69, 9.17) is 9.47 Å². The molecular weight excluding hydrogens is 373 g/mol. The van der Waals surface area contributed by atoms with Crippen molar-refractivity contribution in [2.45, 2.75) is 25.5 Å². The summed E-state index contributed by atoms with van der Waals surface area (Å²) in [5.74, 6) is -0.364. The Labute approximate surface area is 131 Å². The molecule has 1 aliphatic rings. The third-order valence-corrected chi connectivity index (χ3v) is 3.47. The van der Waals surface area contributed by atoms with Crippen molar-refractivity contribution in [3.8, 4) is 0 Å². The van der Waals surface area contributed by atoms with E-state index in [9.17, 15) is 9.59 Å². The number of amides is 1. The highest BCUT2D eigenvalue weighted by Gasteiger charge is 2.36. The fourth-order valence-electron chi connectivity index (χ4n) is 2.18. The van der Waals surface area contributed by atoms with E-state index in [2.05, 4.69) is 0 Å². The summed E-state index contributed by atoms with van der Waals surface area (Å²) in [4.78, 5) is 25.2. The number of carbonyl (C=O) groups excluding carboxylic acids is 2. The van der Waals surface area contributed by atoms with Gasteiger partial charge in [-0.1, -0.05) is 30.3 Å². The Kier molecular flexibility index (Phi) is 5.63. The zero-order valence-corrected chi connectivity index (χ0v) is 13.1. The number of ether oxygens (including phenoxy) is 2. The number of rotatable bonds is 4. The van der Waals surface area contributed by atoms with Gasteiger partial charge in [0.05, 0.1) is 0 Å². The molecule has 0 spiro atoms. The molecule has 1 aromatic rings. The van der Waals surface area contributed by atoms with Gasteiger partial charge in [-0.15, -0.1) is 0 Å². The monoisotopic (exact) mass is 389 g/mol. The Bertz CT molecular complexity index is 466. The number of likely N-dealkylation sites (tertiary alicyclic amines) is 1. The molecule has 6 heteroatoms. The standard InChI is InChI=1S/C14H16INO4/c15-10-20-14(18)16-8-4-7-12(16)13(17)19-9-11-5-2-1-3-6-11/h1-3,5-6,12H,4,7-10H2. The largest absolute Gasteiger partial charge is 0.459 e. The van der Waals surface area contributed by atoms with Crippen LogP contribution in [0, 0.1) is 0 Å². The van der Waals surface area contributed by atoms with Gasteiger partial charge in [0.25, 0.3) is 0 Å². The van der Waals surface area contributed by atoms with Gasteiger partial charge in [-0.25, -0.2) is 9.59 Å². The highest BCUT2D eigenvalue weighted by Crippen LogP contribution is 2.20. The second-order valence-electron chi connectivity index (χ2n) is 4.46. The smallest absolute Gasteiger partial charge is 0.411 e. The van der Waals surface area contributed by atoms with Crippen molar-refractivity contribution < 1.29 is 19.1 Å². The number of benzene rings is 1. The van der Waals surface area contributed by atoms with Crippen LogP contribution >= 0.6 is 22.6 Å². The zero-order valence-electron chi connectivity index (χ0n) is 11.0. The van der Waals surface area contributed by atoms with Crippen molar-refractivity contribution in [2.24, 2.45) is 0 Å². The van der Waals surface area contributed by atoms with Gasteiger partial charge >= 0.3 is 12.1 Å². The summed E-state index contributed by atoms with van der Waals surface area (Å²) in [5, 5.41) is 0. The molecule has 1 aliphatic heterocycles. The molecule has 20 heavy (non-hydrogen) atoms. The first-order chi connectivity index (χ1) is 9.72. The Hall–Kier alpha value is -1.31. The molecule has 1 saturated heterocycles. The minimum absolute atomic E-state index is 0.228. The minimum atomic E-state index is -0.519. The van der Waals surface area contributed by atoms with E-state index in [1.807, 2.05) is 52.9 Å². The predicted octanol–water partition coefficient (Wildman–Crippen LogP) is 2.72. The number of hydrogen-bond donors (Lipinski definition) is 0. The second-order valence-corrected chi connectivity index (χ2v) is 5.09. The van der Waals surface area contributed by atoms with Gasteiger partial charge in [-0.2, -0.15) is 0 Å². The summed E-state index contributed by atoms with van der Waals surface area (Å²) < 4.78 is 10.5. The topological polar surface area (TPSA) is 55.8 Å². The molecule has 0 radical (unpaired) electrons. The van der Waals surface area contributed by atoms with Gasteiger partial charge in [0.1, 0.15) is 17.3 Å². The highest BCUT2D eigenvalue weighted by molar-refractivity contribution is 14.1. The Morgan fingerprint density at radius 1 is 1.25 bits per heavy atom. The van der Waals surface area contributed by atoms with E-state index < -0.39 is 12.1 Å². The summed E-state index contributed by atoms with van der Waals surface area (Å²) in [6, 6.07) is 8.96. The van der Waals surface area contributed by atoms with E-state index in [0.29, 0.717) is 13.0 Å². The van der Waals surface area contributed by atoms with E-state index in [1.54, 1.807) is 0 Å². The predicted molar refractivity (Wildman–Crippen MR) is 81.3 cm³/mol. The summed E-state index contributed by atoms with van der Waals surface area (Å²) in [7, 11) is 0. The fourth-order valence-corrected chi connectivity index (χ4v) is 2.45. The zero-order chi connectivity index (χ0) is 14.4. The van der Waals surface area contributed by atoms with Gasteiger partial charge in [-0.3, -0.25) is 4.90 Å². The fraction of sp³-hybridized carbons (Fsp3) is 0.429. The van der Waals surface area contributed by atoms with Crippen LogP contribution in [0.15, 0.2) is 30.3 Å². The van der Waals surface area contributed by atoms with Gasteiger partial charge in [0.15, 0.2) is 0 Å². The molecule has 0 bridgehead atoms. The average molecular weight is 389 g/mol. The van der Waals surface area contributed by atoms with Crippen molar-refractivity contribution in [1.82, 2.24) is 4.90 Å². The third-order valence-electron chi connectivity index (χ3n) is 3.16. The minimum Gasteiger partial charge on any atom is -0.459 e. The molecule has 0 saturated carbocycles. The van der Waals surface area contributed by atoms with Crippen LogP contribution in [0.1, 0.15) is 18.4 Å². The van der Waals surface area contributed by atoms with Crippen molar-refractivity contribution in [2.75, 3.05) is 11.2 Å². The molecule has 0 N–H and O–H groups in total. The maximum Gasteiger partial charge on any atom is 0.411 e. The van der Waals surface area contributed by atoms with Crippen LogP contribution in [-0.2, 0) is 20.9 Å². The van der Waals surface area contributed by atoms with Gasteiger partial charge in [0, 0.05) is 6.54 Å². The summed E-state index contributed by atoms with van der Waals surface area (Å²) in [5.41, 5.74) is 0.931. The highest BCUT2D eigenvalue weighted by atomic mass is 127. The van der Waals surface area contributed by atoms with Crippen molar-refractivity contribution in [1.29, 1.82) is 0 Å². The Morgan fingerprint density at radius 3 is 2.70 bits per heavy atom. The number of nitrogens with zero attached hydrogens (tertiary/aromatic N) is 1. The molecule has 1 atom stereocenters. The molecule has 1 amide bonds. The van der Waals surface area contributed by atoms with Crippen LogP contribution in [0.3, 0.4) is 0 Å². The van der Waals surface area contributed by atoms with E-state index in [1.165, 1.54) is 4.90 Å². The van der Waals surface area contributed by atoms with E-state index in [-0.39, 0.29) is 17.2 Å². The number of carbonyl (C=O) groups is 2. The normalized spacial score (nSPS) is 17.9. The molecule has 1 heterocycles. The lowest BCUT2D eigenvalue weighted by atomic mass is 10.2. The lowest BCUT2D eigenvalue weighted by molar-refractivity contribution is -0.149. The second kappa shape index (κ2) is 7.47. The molecule has 1 fully saturated rings. The lowest BCUT2D eigenvalue weighted by Gasteiger charge is -2.22. The van der Waals surface area contributed by atoms with Gasteiger partial charge < -0.3 is 9.47 Å². The van der Waals surface area contributed by atoms with Crippen molar-refractivity contribution >= 4 is 34.7 Å². The van der Waals surface area contributed by atoms with Crippen molar-refractivity contribution in [3.05, 3.63) is 35.9 Å². The van der Waals surface area contributed by atoms with Crippen LogP contribution in [0.2, 0.25) is 0 Å². The maximum atomic E-state index is 12.1. The van der Waals surface area contributed by atoms with Gasteiger partial charge in [0.2, 0.25) is 0 Å². The number of esters is 1. The Balaban J connectivity index is 1.89. The van der Waals surface area contributed by atoms with E-state index in [0.717, 1.165) is 12.0 Å². The molecular formula is C14H16INO4. The lowest BCUT2D eigenvalue weighted by Crippen LogP contribution is -2.41. The molecule has 0 aromatic heterocycles. The Morgan fingerprint density at radius 2 is 2.00 bits per heavy atom. The van der Waals surface area contributed by atoms with Crippen LogP contribution in [0.5, 0.6) is 0 Å². The van der Waals surface area contributed by atoms with Crippen molar-refractivity contribution in [3.63, 3.8) is 0 Å². The average Bonchev–Trinajstić information content (AvgIpc) is 2.96. The van der Waals surface area contributed by atoms with E-state index >= 15 is 0 Å². The maximum absolute atomic E-state index is 12.1. The molecule has 5 nitrogen and oxygen atoms in total. The molecule has 0 aliphatic carbocycles. The number of hydrogen-bond acceptors (Lipinski definition) is 4. The van der Waals surface area contributed by atoms with Crippen LogP contribution in [-0.4, -0.2) is 34.2 Å². The third kappa shape index (κ3) is 3.84. The summed E-state index contributed by atoms with van der Waals surface area (Å²) in [6.45, 7) is 0.770. The number of alkyl halides is 1.